The molecule has 1 heteroatoms. The van der Waals surface area contributed by atoms with Gasteiger partial charge < -0.3 is 0 Å². The molecule has 0 saturated heterocycles. The number of hydrogen-bond donors (Lipinski definition) is 0. The second kappa shape index (κ2) is 13.0. The quantitative estimate of drug-likeness (QED) is 0.161. The van der Waals surface area contributed by atoms with Gasteiger partial charge in [0.05, 0.1) is 11.2 Å². The van der Waals surface area contributed by atoms with Gasteiger partial charge in [-0.1, -0.05) is 196 Å². The molecule has 1 aliphatic carbocycles. The fourth-order valence-corrected chi connectivity index (χ4v) is 9.58. The summed E-state index contributed by atoms with van der Waals surface area (Å²) >= 11 is 0. The van der Waals surface area contributed by atoms with Crippen molar-refractivity contribution in [2.45, 2.75) is 19.3 Å². The number of pyridine rings is 1. The molecule has 1 nitrogen and oxygen atoms in total. The number of fused-ring (bicyclic) bond motifs is 6. The van der Waals surface area contributed by atoms with Crippen LogP contribution in [-0.2, 0) is 5.41 Å². The van der Waals surface area contributed by atoms with E-state index in [1.165, 1.54) is 99.3 Å². The molecule has 0 unspecified atom stereocenters. The molecule has 0 bridgehead atoms. The average Bonchev–Trinajstić information content (AvgIpc) is 3.50. The molecule has 268 valence electrons. The Kier molecular flexibility index (Phi) is 7.59. The van der Waals surface area contributed by atoms with Crippen LogP contribution in [0.3, 0.4) is 0 Å². The predicted octanol–water partition coefficient (Wildman–Crippen LogP) is 15.2. The summed E-state index contributed by atoms with van der Waals surface area (Å²) in [7, 11) is 0. The lowest BCUT2D eigenvalue weighted by Gasteiger charge is -2.25. The van der Waals surface area contributed by atoms with Gasteiger partial charge in [-0.05, 0) is 107 Å². The second-order valence-corrected chi connectivity index (χ2v) is 15.8. The number of rotatable bonds is 5. The summed E-state index contributed by atoms with van der Waals surface area (Å²) in [5.41, 5.74) is 18.2. The Bertz CT molecular complexity index is 3170. The van der Waals surface area contributed by atoms with Gasteiger partial charge in [-0.15, -0.1) is 0 Å². The van der Waals surface area contributed by atoms with E-state index in [-0.39, 0.29) is 5.41 Å². The number of para-hydroxylation sites is 1. The molecule has 0 saturated carbocycles. The molecule has 0 aliphatic heterocycles. The highest BCUT2D eigenvalue weighted by atomic mass is 14.7. The van der Waals surface area contributed by atoms with Crippen molar-refractivity contribution in [2.75, 3.05) is 0 Å². The van der Waals surface area contributed by atoms with Gasteiger partial charge in [-0.2, -0.15) is 0 Å². The normalized spacial score (nSPS) is 12.9. The first-order valence-electron chi connectivity index (χ1n) is 19.9. The predicted molar refractivity (Wildman–Crippen MR) is 241 cm³/mol. The maximum Gasteiger partial charge on any atom is 0.0759 e. The Morgan fingerprint density at radius 1 is 0.333 bits per heavy atom. The van der Waals surface area contributed by atoms with Crippen molar-refractivity contribution in [3.8, 4) is 66.9 Å². The summed E-state index contributed by atoms with van der Waals surface area (Å²) < 4.78 is 0. The first-order valence-corrected chi connectivity index (χ1v) is 19.9. The number of hydrogen-bond acceptors (Lipinski definition) is 1. The van der Waals surface area contributed by atoms with Crippen LogP contribution in [0.4, 0.5) is 0 Å². The molecule has 0 N–H and O–H groups in total. The first kappa shape index (κ1) is 33.3. The van der Waals surface area contributed by atoms with Crippen LogP contribution < -0.4 is 0 Å². The first-order chi connectivity index (χ1) is 28.0. The average molecular weight is 726 g/mol. The molecule has 1 aromatic heterocycles. The molecule has 0 spiro atoms. The van der Waals surface area contributed by atoms with Crippen LogP contribution in [0.5, 0.6) is 0 Å². The highest BCUT2D eigenvalue weighted by Gasteiger charge is 2.39. The fraction of sp³-hybridized carbons (Fsp3) is 0.0536. The molecule has 0 fully saturated rings. The Hall–Kier alpha value is -7.09. The van der Waals surface area contributed by atoms with Crippen molar-refractivity contribution < 1.29 is 0 Å². The van der Waals surface area contributed by atoms with Crippen LogP contribution in [-0.4, -0.2) is 4.98 Å². The largest absolute Gasteiger partial charge is 0.247 e. The van der Waals surface area contributed by atoms with Gasteiger partial charge in [0.1, 0.15) is 0 Å². The number of nitrogens with zero attached hydrogens (tertiary/aromatic N) is 1. The molecule has 0 atom stereocenters. The maximum atomic E-state index is 5.26. The van der Waals surface area contributed by atoms with E-state index in [2.05, 4.69) is 214 Å². The van der Waals surface area contributed by atoms with Gasteiger partial charge in [0.15, 0.2) is 0 Å². The summed E-state index contributed by atoms with van der Waals surface area (Å²) in [4.78, 5) is 5.26. The van der Waals surface area contributed by atoms with E-state index in [0.29, 0.717) is 0 Å². The van der Waals surface area contributed by atoms with E-state index in [0.717, 1.165) is 11.2 Å². The zero-order chi connectivity index (χ0) is 38.1. The smallest absolute Gasteiger partial charge is 0.0759 e. The van der Waals surface area contributed by atoms with Crippen molar-refractivity contribution in [2.24, 2.45) is 0 Å². The highest BCUT2D eigenvalue weighted by Crippen LogP contribution is 2.53. The summed E-state index contributed by atoms with van der Waals surface area (Å²) in [5, 5.41) is 6.25. The third kappa shape index (κ3) is 5.27. The third-order valence-corrected chi connectivity index (χ3v) is 12.2. The molecular weight excluding hydrogens is 687 g/mol. The van der Waals surface area contributed by atoms with Crippen LogP contribution in [0.2, 0.25) is 0 Å². The van der Waals surface area contributed by atoms with Crippen LogP contribution in [0.15, 0.2) is 200 Å². The minimum absolute atomic E-state index is 0.167. The lowest BCUT2D eigenvalue weighted by Crippen LogP contribution is -2.16. The van der Waals surface area contributed by atoms with Crippen molar-refractivity contribution in [3.05, 3.63) is 211 Å². The van der Waals surface area contributed by atoms with Crippen molar-refractivity contribution >= 4 is 32.4 Å². The van der Waals surface area contributed by atoms with Crippen LogP contribution in [0, 0.1) is 0 Å². The van der Waals surface area contributed by atoms with Crippen LogP contribution in [0.25, 0.3) is 99.3 Å². The van der Waals surface area contributed by atoms with E-state index in [1.54, 1.807) is 0 Å². The van der Waals surface area contributed by atoms with E-state index >= 15 is 0 Å². The third-order valence-electron chi connectivity index (χ3n) is 12.2. The number of aromatic nitrogens is 1. The van der Waals surface area contributed by atoms with Gasteiger partial charge in [0.25, 0.3) is 0 Å². The standard InChI is InChI=1S/C56H39N/c1-56(2)49-26-13-11-24-46(49)55-54(56)53(47-25-12-14-27-50(47)57-55)39-30-28-36(29-31-39)40-20-15-21-41(34-40)42-32-33-45-48(35-42)52(38-18-7-4-8-19-38)44-23-10-9-22-43(44)51(45)37-16-5-3-6-17-37/h3-35H,1-2H3. The number of benzene rings is 9. The fourth-order valence-electron chi connectivity index (χ4n) is 9.58. The van der Waals surface area contributed by atoms with Crippen LogP contribution in [0.1, 0.15) is 25.0 Å². The molecule has 57 heavy (non-hydrogen) atoms. The minimum atomic E-state index is -0.167. The zero-order valence-corrected chi connectivity index (χ0v) is 32.0. The zero-order valence-electron chi connectivity index (χ0n) is 32.0. The second-order valence-electron chi connectivity index (χ2n) is 15.8. The molecule has 1 heterocycles. The Labute approximate surface area is 333 Å². The van der Waals surface area contributed by atoms with E-state index in [4.69, 9.17) is 4.98 Å². The molecule has 9 aromatic carbocycles. The van der Waals surface area contributed by atoms with E-state index in [1.807, 2.05) is 0 Å². The topological polar surface area (TPSA) is 12.9 Å². The molecule has 0 radical (unpaired) electrons. The Morgan fingerprint density at radius 3 is 1.51 bits per heavy atom. The minimum Gasteiger partial charge on any atom is -0.247 e. The van der Waals surface area contributed by atoms with Gasteiger partial charge in [0, 0.05) is 16.4 Å². The summed E-state index contributed by atoms with van der Waals surface area (Å²) in [6, 6.07) is 73.2. The van der Waals surface area contributed by atoms with Gasteiger partial charge in [-0.3, -0.25) is 0 Å². The molecule has 0 amide bonds. The monoisotopic (exact) mass is 725 g/mol. The van der Waals surface area contributed by atoms with Crippen LogP contribution >= 0.6 is 0 Å². The molecule has 1 aliphatic rings. The SMILES string of the molecule is CC1(C)c2ccccc2-c2nc3ccccc3c(-c3ccc(-c4cccc(-c5ccc6c(-c7ccccc7)c7ccccc7c(-c7ccccc7)c6c5)c4)cc3)c21. The van der Waals surface area contributed by atoms with Crippen molar-refractivity contribution in [3.63, 3.8) is 0 Å². The van der Waals surface area contributed by atoms with Gasteiger partial charge >= 0.3 is 0 Å². The highest BCUT2D eigenvalue weighted by molar-refractivity contribution is 6.22. The lowest BCUT2D eigenvalue weighted by molar-refractivity contribution is 0.662. The lowest BCUT2D eigenvalue weighted by atomic mass is 9.78. The molecular formula is C56H39N. The maximum absolute atomic E-state index is 5.26. The van der Waals surface area contributed by atoms with Gasteiger partial charge in [-0.25, -0.2) is 4.98 Å². The van der Waals surface area contributed by atoms with Crippen molar-refractivity contribution in [1.82, 2.24) is 4.98 Å². The van der Waals surface area contributed by atoms with E-state index in [9.17, 15) is 0 Å². The summed E-state index contributed by atoms with van der Waals surface area (Å²) in [5.74, 6) is 0. The molecule has 10 aromatic rings. The Morgan fingerprint density at radius 2 is 0.807 bits per heavy atom. The van der Waals surface area contributed by atoms with Crippen molar-refractivity contribution in [1.29, 1.82) is 0 Å². The van der Waals surface area contributed by atoms with Gasteiger partial charge in [0.2, 0.25) is 0 Å². The summed E-state index contributed by atoms with van der Waals surface area (Å²) in [6.45, 7) is 4.69. The molecule has 11 rings (SSSR count). The summed E-state index contributed by atoms with van der Waals surface area (Å²) in [6.07, 6.45) is 0. The Balaban J connectivity index is 1.04. The van der Waals surface area contributed by atoms with E-state index < -0.39 is 0 Å².